The summed E-state index contributed by atoms with van der Waals surface area (Å²) in [7, 11) is 3.59. The van der Waals surface area contributed by atoms with E-state index in [1.165, 1.54) is 0 Å². The fourth-order valence-corrected chi connectivity index (χ4v) is 1.93. The Morgan fingerprint density at radius 3 is 2.93 bits per heavy atom. The molecule has 2 aromatic rings. The van der Waals surface area contributed by atoms with Gasteiger partial charge in [0.1, 0.15) is 0 Å². The molecule has 0 saturated heterocycles. The zero-order chi connectivity index (χ0) is 11.0. The number of aromatic nitrogens is 2. The molecule has 0 unspecified atom stereocenters. The van der Waals surface area contributed by atoms with Crippen molar-refractivity contribution in [2.45, 2.75) is 6.54 Å². The first-order valence-corrected chi connectivity index (χ1v) is 5.37. The number of hydroxylamine groups is 2. The number of rotatable bonds is 2. The van der Waals surface area contributed by atoms with Crippen LogP contribution in [0.3, 0.4) is 0 Å². The molecule has 0 atom stereocenters. The second-order valence-corrected chi connectivity index (χ2v) is 4.48. The average Bonchev–Trinajstić information content (AvgIpc) is 2.44. The van der Waals surface area contributed by atoms with E-state index in [9.17, 15) is 5.21 Å². The third kappa shape index (κ3) is 2.04. The van der Waals surface area contributed by atoms with Gasteiger partial charge in [0.05, 0.1) is 17.6 Å². The summed E-state index contributed by atoms with van der Waals surface area (Å²) in [5.74, 6) is 0. The zero-order valence-electron chi connectivity index (χ0n) is 8.61. The standard InChI is InChI=1S/C10H12BrN3O/c1-13(15)6-8-4-9-10(14(8)2)3-7(11)5-12-9/h3-5,15H,6H2,1-2H3. The molecule has 0 spiro atoms. The Morgan fingerprint density at radius 1 is 1.53 bits per heavy atom. The van der Waals surface area contributed by atoms with Gasteiger partial charge in [0.15, 0.2) is 0 Å². The van der Waals surface area contributed by atoms with Crippen LogP contribution in [0.5, 0.6) is 0 Å². The van der Waals surface area contributed by atoms with E-state index >= 15 is 0 Å². The van der Waals surface area contributed by atoms with E-state index in [2.05, 4.69) is 20.9 Å². The second kappa shape index (κ2) is 3.92. The van der Waals surface area contributed by atoms with Gasteiger partial charge in [-0.25, -0.2) is 0 Å². The molecule has 80 valence electrons. The Bertz CT molecular complexity index is 493. The van der Waals surface area contributed by atoms with Crippen molar-refractivity contribution < 1.29 is 5.21 Å². The lowest BCUT2D eigenvalue weighted by Gasteiger charge is -2.08. The molecular formula is C10H12BrN3O. The number of halogens is 1. The molecule has 2 heterocycles. The lowest BCUT2D eigenvalue weighted by Crippen LogP contribution is -2.13. The van der Waals surface area contributed by atoms with Crippen LogP contribution in [0, 0.1) is 0 Å². The van der Waals surface area contributed by atoms with Gasteiger partial charge in [-0.15, -0.1) is 0 Å². The minimum Gasteiger partial charge on any atom is -0.345 e. The van der Waals surface area contributed by atoms with Gasteiger partial charge in [0, 0.05) is 30.5 Å². The molecule has 0 aliphatic heterocycles. The molecule has 1 N–H and O–H groups in total. The lowest BCUT2D eigenvalue weighted by atomic mass is 10.4. The van der Waals surface area contributed by atoms with E-state index < -0.39 is 0 Å². The van der Waals surface area contributed by atoms with E-state index in [0.29, 0.717) is 6.54 Å². The molecule has 2 rings (SSSR count). The minimum atomic E-state index is 0.491. The number of nitrogens with zero attached hydrogens (tertiary/aromatic N) is 3. The predicted molar refractivity (Wildman–Crippen MR) is 61.7 cm³/mol. The Morgan fingerprint density at radius 2 is 2.27 bits per heavy atom. The maximum Gasteiger partial charge on any atom is 0.0885 e. The van der Waals surface area contributed by atoms with E-state index in [1.54, 1.807) is 13.2 Å². The molecule has 0 aliphatic carbocycles. The van der Waals surface area contributed by atoms with Gasteiger partial charge in [-0.1, -0.05) is 0 Å². The van der Waals surface area contributed by atoms with Crippen molar-refractivity contribution in [2.24, 2.45) is 7.05 Å². The number of pyridine rings is 1. The summed E-state index contributed by atoms with van der Waals surface area (Å²) < 4.78 is 2.99. The molecule has 0 fully saturated rings. The first-order valence-electron chi connectivity index (χ1n) is 4.58. The van der Waals surface area contributed by atoms with Crippen LogP contribution >= 0.6 is 15.9 Å². The van der Waals surface area contributed by atoms with Crippen LogP contribution in [-0.2, 0) is 13.6 Å². The molecule has 5 heteroatoms. The van der Waals surface area contributed by atoms with Crippen LogP contribution in [0.25, 0.3) is 11.0 Å². The van der Waals surface area contributed by atoms with E-state index in [0.717, 1.165) is 26.3 Å². The summed E-state index contributed by atoms with van der Waals surface area (Å²) in [4.78, 5) is 4.30. The molecule has 0 aliphatic rings. The Balaban J connectivity index is 2.54. The van der Waals surface area contributed by atoms with Crippen LogP contribution < -0.4 is 0 Å². The van der Waals surface area contributed by atoms with Crippen molar-refractivity contribution in [1.29, 1.82) is 0 Å². The van der Waals surface area contributed by atoms with Gasteiger partial charge in [0.25, 0.3) is 0 Å². The summed E-state index contributed by atoms with van der Waals surface area (Å²) >= 11 is 3.39. The van der Waals surface area contributed by atoms with Gasteiger partial charge < -0.3 is 9.77 Å². The molecule has 0 saturated carbocycles. The highest BCUT2D eigenvalue weighted by Gasteiger charge is 2.08. The highest BCUT2D eigenvalue weighted by Crippen LogP contribution is 2.20. The first kappa shape index (κ1) is 10.6. The summed E-state index contributed by atoms with van der Waals surface area (Å²) in [5.41, 5.74) is 3.03. The largest absolute Gasteiger partial charge is 0.345 e. The van der Waals surface area contributed by atoms with Crippen molar-refractivity contribution >= 4 is 27.0 Å². The molecule has 0 aromatic carbocycles. The molecular weight excluding hydrogens is 258 g/mol. The van der Waals surface area contributed by atoms with Gasteiger partial charge in [0.2, 0.25) is 0 Å². The predicted octanol–water partition coefficient (Wildman–Crippen LogP) is 2.16. The second-order valence-electron chi connectivity index (χ2n) is 3.57. The third-order valence-electron chi connectivity index (χ3n) is 2.35. The topological polar surface area (TPSA) is 41.3 Å². The van der Waals surface area contributed by atoms with Crippen molar-refractivity contribution in [2.75, 3.05) is 7.05 Å². The number of fused-ring (bicyclic) bond motifs is 1. The van der Waals surface area contributed by atoms with Crippen LogP contribution in [0.1, 0.15) is 5.69 Å². The Labute approximate surface area is 96.2 Å². The number of hydrogen-bond acceptors (Lipinski definition) is 3. The fourth-order valence-electron chi connectivity index (χ4n) is 1.61. The minimum absolute atomic E-state index is 0.491. The quantitative estimate of drug-likeness (QED) is 0.850. The van der Waals surface area contributed by atoms with Crippen LogP contribution in [0.15, 0.2) is 22.8 Å². The summed E-state index contributed by atoms with van der Waals surface area (Å²) in [6.45, 7) is 0.491. The van der Waals surface area contributed by atoms with E-state index in [-0.39, 0.29) is 0 Å². The normalized spacial score (nSPS) is 11.5. The van der Waals surface area contributed by atoms with Crippen LogP contribution in [0.4, 0.5) is 0 Å². The summed E-state index contributed by atoms with van der Waals surface area (Å²) in [6.07, 6.45) is 1.77. The van der Waals surface area contributed by atoms with Gasteiger partial charge in [-0.05, 0) is 28.1 Å². The van der Waals surface area contributed by atoms with Crippen LogP contribution in [-0.4, -0.2) is 26.9 Å². The summed E-state index contributed by atoms with van der Waals surface area (Å²) in [6, 6.07) is 4.00. The molecule has 4 nitrogen and oxygen atoms in total. The van der Waals surface area contributed by atoms with Crippen molar-refractivity contribution in [3.8, 4) is 0 Å². The van der Waals surface area contributed by atoms with E-state index in [1.807, 2.05) is 23.7 Å². The third-order valence-corrected chi connectivity index (χ3v) is 2.78. The van der Waals surface area contributed by atoms with Crippen LogP contribution in [0.2, 0.25) is 0 Å². The van der Waals surface area contributed by atoms with Gasteiger partial charge in [-0.3, -0.25) is 4.98 Å². The average molecular weight is 270 g/mol. The Hall–Kier alpha value is -0.910. The van der Waals surface area contributed by atoms with Gasteiger partial charge in [-0.2, -0.15) is 5.06 Å². The zero-order valence-corrected chi connectivity index (χ0v) is 10.2. The summed E-state index contributed by atoms with van der Waals surface area (Å²) in [5, 5.41) is 10.4. The molecule has 0 amide bonds. The number of aryl methyl sites for hydroxylation is 1. The highest BCUT2D eigenvalue weighted by atomic mass is 79.9. The SMILES string of the molecule is CN(O)Cc1cc2ncc(Br)cc2n1C. The smallest absolute Gasteiger partial charge is 0.0885 e. The Kier molecular flexibility index (Phi) is 2.77. The molecule has 2 aromatic heterocycles. The highest BCUT2D eigenvalue weighted by molar-refractivity contribution is 9.10. The van der Waals surface area contributed by atoms with Gasteiger partial charge >= 0.3 is 0 Å². The first-order chi connectivity index (χ1) is 7.08. The van der Waals surface area contributed by atoms with E-state index in [4.69, 9.17) is 0 Å². The molecule has 0 bridgehead atoms. The maximum absolute atomic E-state index is 9.20. The van der Waals surface area contributed by atoms with Crippen molar-refractivity contribution in [3.63, 3.8) is 0 Å². The van der Waals surface area contributed by atoms with Crippen molar-refractivity contribution in [1.82, 2.24) is 14.6 Å². The number of hydrogen-bond donors (Lipinski definition) is 1. The lowest BCUT2D eigenvalue weighted by molar-refractivity contribution is -0.0745. The van der Waals surface area contributed by atoms with Crippen molar-refractivity contribution in [3.05, 3.63) is 28.5 Å². The fraction of sp³-hybridized carbons (Fsp3) is 0.300. The monoisotopic (exact) mass is 269 g/mol. The molecule has 15 heavy (non-hydrogen) atoms. The maximum atomic E-state index is 9.20. The molecule has 0 radical (unpaired) electrons.